The lowest BCUT2D eigenvalue weighted by Crippen LogP contribution is -2.42. The highest BCUT2D eigenvalue weighted by Crippen LogP contribution is 2.24. The number of carbonyl (C=O) groups is 1. The molecule has 2 saturated heterocycles. The Morgan fingerprint density at radius 2 is 1.68 bits per heavy atom. The van der Waals surface area contributed by atoms with Crippen molar-refractivity contribution in [3.8, 4) is 0 Å². The average molecular weight is 382 g/mol. The highest BCUT2D eigenvalue weighted by molar-refractivity contribution is 5.99. The Hall–Kier alpha value is -2.11. The van der Waals surface area contributed by atoms with Crippen LogP contribution in [0.5, 0.6) is 0 Å². The maximum atomic E-state index is 12.7. The Morgan fingerprint density at radius 3 is 2.39 bits per heavy atom. The third-order valence-corrected chi connectivity index (χ3v) is 6.02. The zero-order valence-electron chi connectivity index (χ0n) is 17.0. The number of likely N-dealkylation sites (tertiary alicyclic amines) is 1. The molecule has 2 aromatic carbocycles. The summed E-state index contributed by atoms with van der Waals surface area (Å²) in [4.78, 5) is 17.1. The van der Waals surface area contributed by atoms with Gasteiger partial charge in [0.25, 0.3) is 5.91 Å². The van der Waals surface area contributed by atoms with Crippen molar-refractivity contribution in [1.29, 1.82) is 0 Å². The highest BCUT2D eigenvalue weighted by Gasteiger charge is 2.21. The van der Waals surface area contributed by atoms with Crippen molar-refractivity contribution >= 4 is 22.4 Å². The second-order valence-electron chi connectivity index (χ2n) is 8.23. The fourth-order valence-corrected chi connectivity index (χ4v) is 4.21. The molecule has 0 bridgehead atoms. The van der Waals surface area contributed by atoms with Gasteiger partial charge in [0.15, 0.2) is 0 Å². The Balaban J connectivity index is 1.43. The van der Waals surface area contributed by atoms with E-state index < -0.39 is 0 Å². The lowest BCUT2D eigenvalue weighted by molar-refractivity contribution is 0.0303. The van der Waals surface area contributed by atoms with Crippen LogP contribution in [0.1, 0.15) is 37.0 Å². The van der Waals surface area contributed by atoms with E-state index in [-0.39, 0.29) is 5.91 Å². The lowest BCUT2D eigenvalue weighted by Gasteiger charge is -2.35. The molecule has 0 saturated carbocycles. The molecule has 5 nitrogen and oxygen atoms in total. The number of rotatable bonds is 4. The molecule has 5 heteroatoms. The minimum Gasteiger partial charge on any atom is -0.382 e. The summed E-state index contributed by atoms with van der Waals surface area (Å²) in [6.45, 7) is 9.48. The van der Waals surface area contributed by atoms with Crippen LogP contribution in [0.25, 0.3) is 10.8 Å². The van der Waals surface area contributed by atoms with Gasteiger partial charge >= 0.3 is 0 Å². The molecule has 0 atom stereocenters. The van der Waals surface area contributed by atoms with E-state index in [0.717, 1.165) is 24.0 Å². The van der Waals surface area contributed by atoms with E-state index >= 15 is 0 Å². The second-order valence-corrected chi connectivity index (χ2v) is 8.23. The number of ether oxygens (including phenoxy) is 1. The molecule has 0 unspecified atom stereocenters. The van der Waals surface area contributed by atoms with Crippen LogP contribution in [0.15, 0.2) is 36.4 Å². The molecule has 1 N–H and O–H groups in total. The first-order valence-corrected chi connectivity index (χ1v) is 10.5. The first-order valence-electron chi connectivity index (χ1n) is 10.5. The summed E-state index contributed by atoms with van der Waals surface area (Å²) in [7, 11) is 0. The smallest absolute Gasteiger partial charge is 0.254 e. The van der Waals surface area contributed by atoms with Gasteiger partial charge in [-0.2, -0.15) is 0 Å². The van der Waals surface area contributed by atoms with Crippen molar-refractivity contribution in [1.82, 2.24) is 9.80 Å². The van der Waals surface area contributed by atoms with Gasteiger partial charge in [-0.15, -0.1) is 0 Å². The van der Waals surface area contributed by atoms with E-state index in [1.165, 1.54) is 23.9 Å². The number of amides is 1. The molecule has 2 aliphatic rings. The quantitative estimate of drug-likeness (QED) is 0.879. The first-order chi connectivity index (χ1) is 13.6. The Kier molecular flexibility index (Phi) is 5.83. The van der Waals surface area contributed by atoms with Crippen LogP contribution in [0.2, 0.25) is 0 Å². The Bertz CT molecular complexity index is 822. The second kappa shape index (κ2) is 8.50. The van der Waals surface area contributed by atoms with Crippen LogP contribution in [-0.2, 0) is 4.74 Å². The van der Waals surface area contributed by atoms with E-state index in [1.54, 1.807) is 0 Å². The topological polar surface area (TPSA) is 44.8 Å². The molecule has 4 rings (SSSR count). The lowest BCUT2D eigenvalue weighted by atomic mass is 10.0. The fraction of sp³-hybridized carbons (Fsp3) is 0.522. The largest absolute Gasteiger partial charge is 0.382 e. The molecule has 2 heterocycles. The van der Waals surface area contributed by atoms with Crippen molar-refractivity contribution in [2.24, 2.45) is 0 Å². The van der Waals surface area contributed by atoms with Gasteiger partial charge in [0.05, 0.1) is 13.2 Å². The summed E-state index contributed by atoms with van der Waals surface area (Å²) >= 11 is 0. The van der Waals surface area contributed by atoms with Gasteiger partial charge < -0.3 is 19.9 Å². The Morgan fingerprint density at radius 1 is 1.00 bits per heavy atom. The molecule has 1 amide bonds. The van der Waals surface area contributed by atoms with Gasteiger partial charge in [-0.3, -0.25) is 4.79 Å². The van der Waals surface area contributed by atoms with E-state index in [4.69, 9.17) is 4.74 Å². The molecular formula is C23H31N3O2. The molecule has 0 radical (unpaired) electrons. The summed E-state index contributed by atoms with van der Waals surface area (Å²) in [6.07, 6.45) is 2.37. The first kappa shape index (κ1) is 19.2. The molecule has 0 aromatic heterocycles. The summed E-state index contributed by atoms with van der Waals surface area (Å²) < 4.78 is 5.35. The van der Waals surface area contributed by atoms with Gasteiger partial charge in [0.1, 0.15) is 0 Å². The number of fused-ring (bicyclic) bond motifs is 1. The maximum Gasteiger partial charge on any atom is 0.254 e. The van der Waals surface area contributed by atoms with Gasteiger partial charge in [0.2, 0.25) is 0 Å². The van der Waals surface area contributed by atoms with Crippen LogP contribution in [0.3, 0.4) is 0 Å². The van der Waals surface area contributed by atoms with Gasteiger partial charge in [-0.25, -0.2) is 0 Å². The molecule has 150 valence electrons. The SMILES string of the molecule is CC(C)N1CCC(Nc2ccc3cc(C(=O)N4CCOCC4)ccc3c2)CC1. The number of piperidine rings is 1. The monoisotopic (exact) mass is 381 g/mol. The molecule has 0 aliphatic carbocycles. The number of hydrogen-bond acceptors (Lipinski definition) is 4. The molecule has 2 fully saturated rings. The standard InChI is InChI=1S/C23H31N3O2/c1-17(2)25-9-7-21(8-10-25)24-22-6-5-18-15-20(4-3-19(18)16-22)23(27)26-11-13-28-14-12-26/h3-6,15-17,21,24H,7-14H2,1-2H3. The molecule has 2 aliphatic heterocycles. The van der Waals surface area contributed by atoms with Crippen molar-refractivity contribution in [3.63, 3.8) is 0 Å². The minimum atomic E-state index is 0.101. The van der Waals surface area contributed by atoms with Crippen LogP contribution < -0.4 is 5.32 Å². The zero-order chi connectivity index (χ0) is 19.5. The highest BCUT2D eigenvalue weighted by atomic mass is 16.5. The van der Waals surface area contributed by atoms with Gasteiger partial charge in [-0.05, 0) is 61.7 Å². The van der Waals surface area contributed by atoms with Crippen molar-refractivity contribution in [3.05, 3.63) is 42.0 Å². The van der Waals surface area contributed by atoms with Crippen LogP contribution >= 0.6 is 0 Å². The Labute approximate surface area is 167 Å². The van der Waals surface area contributed by atoms with E-state index in [1.807, 2.05) is 17.0 Å². The minimum absolute atomic E-state index is 0.101. The van der Waals surface area contributed by atoms with E-state index in [2.05, 4.69) is 48.3 Å². The third kappa shape index (κ3) is 4.31. The zero-order valence-corrected chi connectivity index (χ0v) is 17.0. The van der Waals surface area contributed by atoms with Crippen LogP contribution in [-0.4, -0.2) is 67.2 Å². The number of morpholine rings is 1. The predicted molar refractivity (Wildman–Crippen MR) is 114 cm³/mol. The number of anilines is 1. The average Bonchev–Trinajstić information content (AvgIpc) is 2.74. The summed E-state index contributed by atoms with van der Waals surface area (Å²) in [5.74, 6) is 0.101. The maximum absolute atomic E-state index is 12.7. The van der Waals surface area contributed by atoms with Crippen molar-refractivity contribution in [2.75, 3.05) is 44.7 Å². The number of nitrogens with one attached hydrogen (secondary N) is 1. The summed E-state index contributed by atoms with van der Waals surface area (Å²) in [6, 6.07) is 13.7. The normalized spacial score (nSPS) is 19.3. The molecule has 0 spiro atoms. The third-order valence-electron chi connectivity index (χ3n) is 6.02. The number of nitrogens with zero attached hydrogens (tertiary/aromatic N) is 2. The van der Waals surface area contributed by atoms with E-state index in [9.17, 15) is 4.79 Å². The van der Waals surface area contributed by atoms with Gasteiger partial charge in [0, 0.05) is 49.5 Å². The van der Waals surface area contributed by atoms with Gasteiger partial charge in [-0.1, -0.05) is 12.1 Å². The molecular weight excluding hydrogens is 350 g/mol. The van der Waals surface area contributed by atoms with Crippen LogP contribution in [0, 0.1) is 0 Å². The fourth-order valence-electron chi connectivity index (χ4n) is 4.21. The van der Waals surface area contributed by atoms with Crippen LogP contribution in [0.4, 0.5) is 5.69 Å². The van der Waals surface area contributed by atoms with Crippen molar-refractivity contribution < 1.29 is 9.53 Å². The number of carbonyl (C=O) groups excluding carboxylic acids is 1. The molecule has 2 aromatic rings. The molecule has 28 heavy (non-hydrogen) atoms. The number of hydrogen-bond donors (Lipinski definition) is 1. The van der Waals surface area contributed by atoms with Crippen molar-refractivity contribution in [2.45, 2.75) is 38.8 Å². The summed E-state index contributed by atoms with van der Waals surface area (Å²) in [5.41, 5.74) is 1.93. The predicted octanol–water partition coefficient (Wildman–Crippen LogP) is 3.60. The summed E-state index contributed by atoms with van der Waals surface area (Å²) in [5, 5.41) is 5.99. The van der Waals surface area contributed by atoms with E-state index in [0.29, 0.717) is 38.4 Å². The number of benzene rings is 2.